The Bertz CT molecular complexity index is 124. The van der Waals surface area contributed by atoms with Crippen LogP contribution in [0.2, 0.25) is 6.32 Å². The molecule has 0 saturated carbocycles. The van der Waals surface area contributed by atoms with Crippen LogP contribution in [0.3, 0.4) is 0 Å². The molecule has 0 aromatic rings. The van der Waals surface area contributed by atoms with E-state index >= 15 is 0 Å². The molecule has 0 heterocycles. The predicted octanol–water partition coefficient (Wildman–Crippen LogP) is 3.89. The van der Waals surface area contributed by atoms with Crippen molar-refractivity contribution in [2.45, 2.75) is 57.6 Å². The maximum atomic E-state index is 5.69. The van der Waals surface area contributed by atoms with Crippen molar-refractivity contribution in [1.82, 2.24) is 0 Å². The molecular weight excluding hydrogens is 255 g/mol. The molecule has 0 radical (unpaired) electrons. The van der Waals surface area contributed by atoms with E-state index in [9.17, 15) is 0 Å². The summed E-state index contributed by atoms with van der Waals surface area (Å²) in [6.45, 7) is 8.09. The lowest BCUT2D eigenvalue weighted by molar-refractivity contribution is 0.191. The second kappa shape index (κ2) is 11.0. The van der Waals surface area contributed by atoms with E-state index in [2.05, 4.69) is 36.7 Å². The van der Waals surface area contributed by atoms with Crippen molar-refractivity contribution in [2.75, 3.05) is 13.2 Å². The summed E-state index contributed by atoms with van der Waals surface area (Å²) in [6, 6.07) is 0. The van der Waals surface area contributed by atoms with Crippen LogP contribution in [0.15, 0.2) is 0 Å². The standard InChI is InChI=1S/C11H24BBrO2/c1-4-6-8-14-12(10-11(3)13)15-9-7-5-2/h11H,4-10H2,1-3H3. The van der Waals surface area contributed by atoms with Crippen molar-refractivity contribution < 1.29 is 9.31 Å². The third kappa shape index (κ3) is 10.7. The van der Waals surface area contributed by atoms with Crippen LogP contribution in [-0.4, -0.2) is 25.2 Å². The van der Waals surface area contributed by atoms with Gasteiger partial charge in [0.25, 0.3) is 0 Å². The first kappa shape index (κ1) is 15.5. The maximum absolute atomic E-state index is 5.69. The van der Waals surface area contributed by atoms with Gasteiger partial charge in [0, 0.05) is 18.0 Å². The van der Waals surface area contributed by atoms with Crippen molar-refractivity contribution in [2.24, 2.45) is 0 Å². The third-order valence-corrected chi connectivity index (χ3v) is 2.49. The summed E-state index contributed by atoms with van der Waals surface area (Å²) in [5.41, 5.74) is 0. The molecule has 0 amide bonds. The summed E-state index contributed by atoms with van der Waals surface area (Å²) in [6.07, 6.45) is 5.50. The van der Waals surface area contributed by atoms with Gasteiger partial charge < -0.3 is 9.31 Å². The van der Waals surface area contributed by atoms with Crippen LogP contribution < -0.4 is 0 Å². The van der Waals surface area contributed by atoms with Crippen LogP contribution in [0.5, 0.6) is 0 Å². The van der Waals surface area contributed by atoms with Gasteiger partial charge in [0.05, 0.1) is 0 Å². The Kier molecular flexibility index (Phi) is 11.3. The van der Waals surface area contributed by atoms with Gasteiger partial charge in [0.1, 0.15) is 0 Å². The molecule has 0 aromatic heterocycles. The molecule has 0 aliphatic heterocycles. The molecule has 15 heavy (non-hydrogen) atoms. The fourth-order valence-electron chi connectivity index (χ4n) is 1.17. The van der Waals surface area contributed by atoms with Crippen LogP contribution in [0.25, 0.3) is 0 Å². The van der Waals surface area contributed by atoms with Crippen LogP contribution in [-0.2, 0) is 9.31 Å². The molecule has 0 N–H and O–H groups in total. The topological polar surface area (TPSA) is 18.5 Å². The first-order chi connectivity index (χ1) is 7.20. The minimum Gasteiger partial charge on any atom is -0.411 e. The van der Waals surface area contributed by atoms with Crippen LogP contribution in [0, 0.1) is 0 Å². The minimum atomic E-state index is -0.0301. The number of halogens is 1. The van der Waals surface area contributed by atoms with Gasteiger partial charge in [0.15, 0.2) is 0 Å². The zero-order chi connectivity index (χ0) is 11.5. The Morgan fingerprint density at radius 3 is 1.87 bits per heavy atom. The molecule has 90 valence electrons. The highest BCUT2D eigenvalue weighted by atomic mass is 79.9. The Balaban J connectivity index is 3.63. The SMILES string of the molecule is CCCCOB(CC(C)Br)OCCCC. The number of alkyl halides is 1. The number of hydrogen-bond donors (Lipinski definition) is 0. The van der Waals surface area contributed by atoms with Gasteiger partial charge in [-0.15, -0.1) is 0 Å². The lowest BCUT2D eigenvalue weighted by Gasteiger charge is -2.15. The fraction of sp³-hybridized carbons (Fsp3) is 1.00. The summed E-state index contributed by atoms with van der Waals surface area (Å²) < 4.78 is 11.4. The normalized spacial score (nSPS) is 12.8. The molecule has 0 aliphatic rings. The fourth-order valence-corrected chi connectivity index (χ4v) is 1.47. The second-order valence-electron chi connectivity index (χ2n) is 3.89. The van der Waals surface area contributed by atoms with Crippen molar-refractivity contribution in [3.8, 4) is 0 Å². The van der Waals surface area contributed by atoms with Gasteiger partial charge in [-0.3, -0.25) is 0 Å². The van der Waals surface area contributed by atoms with Crippen molar-refractivity contribution in [1.29, 1.82) is 0 Å². The lowest BCUT2D eigenvalue weighted by atomic mass is 9.83. The van der Waals surface area contributed by atoms with Crippen LogP contribution in [0.1, 0.15) is 46.5 Å². The molecule has 0 rings (SSSR count). The number of rotatable bonds is 10. The molecule has 2 nitrogen and oxygen atoms in total. The Labute approximate surface area is 103 Å². The highest BCUT2D eigenvalue weighted by molar-refractivity contribution is 9.09. The average Bonchev–Trinajstić information content (AvgIpc) is 2.17. The Hall–Kier alpha value is 0.465. The summed E-state index contributed by atoms with van der Waals surface area (Å²) in [4.78, 5) is 0.450. The quantitative estimate of drug-likeness (QED) is 0.343. The average molecular weight is 279 g/mol. The first-order valence-electron chi connectivity index (χ1n) is 6.08. The Morgan fingerprint density at radius 1 is 1.07 bits per heavy atom. The van der Waals surface area contributed by atoms with Crippen molar-refractivity contribution >= 4 is 23.0 Å². The number of unbranched alkanes of at least 4 members (excludes halogenated alkanes) is 2. The summed E-state index contributed by atoms with van der Waals surface area (Å²) >= 11 is 3.53. The van der Waals surface area contributed by atoms with Gasteiger partial charge in [-0.05, 0) is 19.2 Å². The van der Waals surface area contributed by atoms with E-state index in [0.29, 0.717) is 4.83 Å². The van der Waals surface area contributed by atoms with E-state index < -0.39 is 0 Å². The van der Waals surface area contributed by atoms with Gasteiger partial charge >= 0.3 is 7.12 Å². The highest BCUT2D eigenvalue weighted by Crippen LogP contribution is 2.11. The number of hydrogen-bond acceptors (Lipinski definition) is 2. The minimum absolute atomic E-state index is 0.0301. The molecule has 0 spiro atoms. The van der Waals surface area contributed by atoms with Gasteiger partial charge in [0.2, 0.25) is 0 Å². The molecular formula is C11H24BBrO2. The second-order valence-corrected chi connectivity index (χ2v) is 5.46. The molecule has 0 fully saturated rings. The highest BCUT2D eigenvalue weighted by Gasteiger charge is 2.19. The predicted molar refractivity (Wildman–Crippen MR) is 70.7 cm³/mol. The molecule has 0 bridgehead atoms. The van der Waals surface area contributed by atoms with E-state index in [4.69, 9.17) is 9.31 Å². The zero-order valence-electron chi connectivity index (χ0n) is 10.3. The largest absolute Gasteiger partial charge is 0.457 e. The van der Waals surface area contributed by atoms with E-state index in [-0.39, 0.29) is 7.12 Å². The lowest BCUT2D eigenvalue weighted by Crippen LogP contribution is -2.26. The molecule has 0 saturated heterocycles. The first-order valence-corrected chi connectivity index (χ1v) is 6.99. The molecule has 0 aromatic carbocycles. The smallest absolute Gasteiger partial charge is 0.411 e. The summed E-state index contributed by atoms with van der Waals surface area (Å²) in [7, 11) is -0.0301. The van der Waals surface area contributed by atoms with Crippen molar-refractivity contribution in [3.63, 3.8) is 0 Å². The summed E-state index contributed by atoms with van der Waals surface area (Å²) in [5, 5.41) is 0. The molecule has 1 unspecified atom stereocenters. The Morgan fingerprint density at radius 2 is 1.53 bits per heavy atom. The van der Waals surface area contributed by atoms with E-state index in [1.54, 1.807) is 0 Å². The molecule has 0 aliphatic carbocycles. The van der Waals surface area contributed by atoms with Gasteiger partial charge in [-0.1, -0.05) is 49.5 Å². The van der Waals surface area contributed by atoms with Gasteiger partial charge in [-0.2, -0.15) is 0 Å². The van der Waals surface area contributed by atoms with E-state index in [1.165, 1.54) is 12.8 Å². The zero-order valence-corrected chi connectivity index (χ0v) is 11.9. The van der Waals surface area contributed by atoms with Crippen LogP contribution in [0.4, 0.5) is 0 Å². The molecule has 4 heteroatoms. The third-order valence-electron chi connectivity index (χ3n) is 2.12. The summed E-state index contributed by atoms with van der Waals surface area (Å²) in [5.74, 6) is 0. The van der Waals surface area contributed by atoms with Gasteiger partial charge in [-0.25, -0.2) is 0 Å². The maximum Gasteiger partial charge on any atom is 0.457 e. The molecule has 1 atom stereocenters. The van der Waals surface area contributed by atoms with E-state index in [0.717, 1.165) is 32.4 Å². The monoisotopic (exact) mass is 278 g/mol. The van der Waals surface area contributed by atoms with E-state index in [1.807, 2.05) is 0 Å². The van der Waals surface area contributed by atoms with Crippen molar-refractivity contribution in [3.05, 3.63) is 0 Å². The van der Waals surface area contributed by atoms with Crippen LogP contribution >= 0.6 is 15.9 Å².